The lowest BCUT2D eigenvalue weighted by Gasteiger charge is -2.41. The molecule has 0 unspecified atom stereocenters. The maximum Gasteiger partial charge on any atom is 0.257 e. The molecule has 2 heterocycles. The molecule has 0 spiro atoms. The summed E-state index contributed by atoms with van der Waals surface area (Å²) in [6.07, 6.45) is 3.39. The van der Waals surface area contributed by atoms with E-state index in [1.54, 1.807) is 24.0 Å². The minimum Gasteiger partial charge on any atom is -0.334 e. The average Bonchev–Trinajstić information content (AvgIpc) is 3.10. The van der Waals surface area contributed by atoms with Gasteiger partial charge in [0, 0.05) is 39.3 Å². The van der Waals surface area contributed by atoms with E-state index in [9.17, 15) is 9.59 Å². The van der Waals surface area contributed by atoms with Crippen LogP contribution in [0, 0.1) is 0 Å². The van der Waals surface area contributed by atoms with E-state index in [0.717, 1.165) is 12.1 Å². The predicted octanol–water partition coefficient (Wildman–Crippen LogP) is 1.95. The van der Waals surface area contributed by atoms with Crippen molar-refractivity contribution in [3.05, 3.63) is 53.9 Å². The van der Waals surface area contributed by atoms with Crippen molar-refractivity contribution in [3.63, 3.8) is 0 Å². The lowest BCUT2D eigenvalue weighted by molar-refractivity contribution is -0.133. The Kier molecular flexibility index (Phi) is 4.64. The van der Waals surface area contributed by atoms with E-state index < -0.39 is 0 Å². The number of piperazine rings is 1. The highest BCUT2D eigenvalue weighted by Gasteiger charge is 2.32. The Morgan fingerprint density at radius 3 is 2.58 bits per heavy atom. The molecule has 0 radical (unpaired) electrons. The topological polar surface area (TPSA) is 58.4 Å². The van der Waals surface area contributed by atoms with Crippen molar-refractivity contribution in [3.8, 4) is 0 Å². The van der Waals surface area contributed by atoms with Crippen molar-refractivity contribution in [2.75, 3.05) is 19.6 Å². The lowest BCUT2D eigenvalue weighted by Crippen LogP contribution is -2.51. The Morgan fingerprint density at radius 2 is 1.96 bits per heavy atom. The molecule has 1 atom stereocenters. The molecule has 3 rings (SSSR count). The maximum absolute atomic E-state index is 12.8. The molecule has 1 aliphatic rings. The first-order valence-electron chi connectivity index (χ1n) is 8.24. The first-order valence-corrected chi connectivity index (χ1v) is 8.24. The fourth-order valence-electron chi connectivity index (χ4n) is 3.13. The number of benzene rings is 1. The van der Waals surface area contributed by atoms with Gasteiger partial charge in [-0.05, 0) is 12.5 Å². The molecule has 126 valence electrons. The van der Waals surface area contributed by atoms with Gasteiger partial charge in [-0.2, -0.15) is 5.10 Å². The first kappa shape index (κ1) is 16.2. The lowest BCUT2D eigenvalue weighted by atomic mass is 10.0. The smallest absolute Gasteiger partial charge is 0.257 e. The summed E-state index contributed by atoms with van der Waals surface area (Å²) in [5.41, 5.74) is 1.65. The summed E-state index contributed by atoms with van der Waals surface area (Å²) in [6, 6.07) is 9.77. The van der Waals surface area contributed by atoms with E-state index in [2.05, 4.69) is 5.10 Å². The molecule has 6 nitrogen and oxygen atoms in total. The van der Waals surface area contributed by atoms with Crippen LogP contribution in [0.15, 0.2) is 42.7 Å². The van der Waals surface area contributed by atoms with Crippen LogP contribution in [-0.2, 0) is 11.3 Å². The highest BCUT2D eigenvalue weighted by molar-refractivity contribution is 5.94. The fourth-order valence-corrected chi connectivity index (χ4v) is 3.13. The highest BCUT2D eigenvalue weighted by Crippen LogP contribution is 2.26. The number of rotatable bonds is 3. The van der Waals surface area contributed by atoms with Crippen molar-refractivity contribution >= 4 is 11.8 Å². The molecule has 24 heavy (non-hydrogen) atoms. The standard InChI is InChI=1S/C18H22N4O2/c1-3-21-12-16(11-19-21)18(24)20-9-10-22(14(2)23)17(13-20)15-7-5-4-6-8-15/h4-8,11-12,17H,3,9-10,13H2,1-2H3/t17-/m1/s1. The van der Waals surface area contributed by atoms with Gasteiger partial charge in [-0.1, -0.05) is 30.3 Å². The Labute approximate surface area is 141 Å². The van der Waals surface area contributed by atoms with Crippen LogP contribution < -0.4 is 0 Å². The van der Waals surface area contributed by atoms with Crippen LogP contribution in [0.2, 0.25) is 0 Å². The molecule has 0 bridgehead atoms. The van der Waals surface area contributed by atoms with E-state index in [-0.39, 0.29) is 17.9 Å². The van der Waals surface area contributed by atoms with E-state index in [4.69, 9.17) is 0 Å². The van der Waals surface area contributed by atoms with Gasteiger partial charge in [0.1, 0.15) is 0 Å². The van der Waals surface area contributed by atoms with Crippen LogP contribution in [0.4, 0.5) is 0 Å². The average molecular weight is 326 g/mol. The van der Waals surface area contributed by atoms with Gasteiger partial charge in [-0.15, -0.1) is 0 Å². The van der Waals surface area contributed by atoms with Gasteiger partial charge in [-0.25, -0.2) is 0 Å². The van der Waals surface area contributed by atoms with E-state index in [1.165, 1.54) is 0 Å². The Bertz CT molecular complexity index is 726. The molecule has 0 aliphatic carbocycles. The molecule has 1 fully saturated rings. The molecule has 6 heteroatoms. The third-order valence-electron chi connectivity index (χ3n) is 4.46. The van der Waals surface area contributed by atoms with Crippen LogP contribution in [0.5, 0.6) is 0 Å². The maximum atomic E-state index is 12.8. The zero-order chi connectivity index (χ0) is 17.1. The Hall–Kier alpha value is -2.63. The second-order valence-electron chi connectivity index (χ2n) is 5.97. The minimum atomic E-state index is -0.109. The molecule has 1 aromatic heterocycles. The summed E-state index contributed by atoms with van der Waals surface area (Å²) in [5.74, 6) is 0.00795. The third-order valence-corrected chi connectivity index (χ3v) is 4.46. The largest absolute Gasteiger partial charge is 0.334 e. The van der Waals surface area contributed by atoms with Crippen molar-refractivity contribution in [1.29, 1.82) is 0 Å². The molecule has 1 saturated heterocycles. The van der Waals surface area contributed by atoms with Gasteiger partial charge in [-0.3, -0.25) is 14.3 Å². The van der Waals surface area contributed by atoms with Gasteiger partial charge >= 0.3 is 0 Å². The van der Waals surface area contributed by atoms with Crippen LogP contribution >= 0.6 is 0 Å². The Balaban J connectivity index is 1.82. The monoisotopic (exact) mass is 326 g/mol. The number of aromatic nitrogens is 2. The summed E-state index contributed by atoms with van der Waals surface area (Å²) >= 11 is 0. The molecular formula is C18H22N4O2. The number of nitrogens with zero attached hydrogens (tertiary/aromatic N) is 4. The van der Waals surface area contributed by atoms with Crippen LogP contribution in [0.3, 0.4) is 0 Å². The van der Waals surface area contributed by atoms with Crippen molar-refractivity contribution in [2.45, 2.75) is 26.4 Å². The molecule has 1 aromatic carbocycles. The van der Waals surface area contributed by atoms with Crippen LogP contribution in [0.1, 0.15) is 35.8 Å². The summed E-state index contributed by atoms with van der Waals surface area (Å²) < 4.78 is 1.74. The van der Waals surface area contributed by atoms with Gasteiger partial charge < -0.3 is 9.80 Å². The van der Waals surface area contributed by atoms with E-state index in [1.807, 2.05) is 47.1 Å². The SMILES string of the molecule is CCn1cc(C(=O)N2CCN(C(C)=O)[C@@H](c3ccccc3)C2)cn1. The Morgan fingerprint density at radius 1 is 1.21 bits per heavy atom. The quantitative estimate of drug-likeness (QED) is 0.866. The summed E-state index contributed by atoms with van der Waals surface area (Å²) in [5, 5.41) is 4.18. The highest BCUT2D eigenvalue weighted by atomic mass is 16.2. The van der Waals surface area contributed by atoms with E-state index >= 15 is 0 Å². The predicted molar refractivity (Wildman–Crippen MR) is 90.4 cm³/mol. The normalized spacial score (nSPS) is 17.8. The van der Waals surface area contributed by atoms with Crippen molar-refractivity contribution in [2.24, 2.45) is 0 Å². The zero-order valence-corrected chi connectivity index (χ0v) is 14.1. The fraction of sp³-hybridized carbons (Fsp3) is 0.389. The number of hydrogen-bond acceptors (Lipinski definition) is 3. The zero-order valence-electron chi connectivity index (χ0n) is 14.1. The number of hydrogen-bond donors (Lipinski definition) is 0. The molecule has 0 saturated carbocycles. The van der Waals surface area contributed by atoms with Crippen molar-refractivity contribution < 1.29 is 9.59 Å². The van der Waals surface area contributed by atoms with Gasteiger partial charge in [0.25, 0.3) is 5.91 Å². The van der Waals surface area contributed by atoms with E-state index in [0.29, 0.717) is 25.2 Å². The molecule has 2 amide bonds. The first-order chi connectivity index (χ1) is 11.6. The van der Waals surface area contributed by atoms with Crippen LogP contribution in [0.25, 0.3) is 0 Å². The molecular weight excluding hydrogens is 304 g/mol. The number of carbonyl (C=O) groups excluding carboxylic acids is 2. The third kappa shape index (κ3) is 3.18. The summed E-state index contributed by atoms with van der Waals surface area (Å²) in [7, 11) is 0. The number of aryl methyl sites for hydroxylation is 1. The number of amides is 2. The van der Waals surface area contributed by atoms with Gasteiger partial charge in [0.05, 0.1) is 17.8 Å². The van der Waals surface area contributed by atoms with Gasteiger partial charge in [0.15, 0.2) is 0 Å². The molecule has 0 N–H and O–H groups in total. The van der Waals surface area contributed by atoms with Gasteiger partial charge in [0.2, 0.25) is 5.91 Å². The second kappa shape index (κ2) is 6.86. The summed E-state index contributed by atoms with van der Waals surface area (Å²) in [4.78, 5) is 28.4. The second-order valence-corrected chi connectivity index (χ2v) is 5.97. The minimum absolute atomic E-state index is 0.0289. The summed E-state index contributed by atoms with van der Waals surface area (Å²) in [6.45, 7) is 5.89. The van der Waals surface area contributed by atoms with Crippen molar-refractivity contribution in [1.82, 2.24) is 19.6 Å². The molecule has 1 aliphatic heterocycles. The number of carbonyl (C=O) groups is 2. The van der Waals surface area contributed by atoms with Crippen LogP contribution in [-0.4, -0.2) is 51.0 Å². The molecule has 2 aromatic rings.